The zero-order valence-electron chi connectivity index (χ0n) is 13.6. The van der Waals surface area contributed by atoms with Gasteiger partial charge in [-0.2, -0.15) is 0 Å². The van der Waals surface area contributed by atoms with E-state index in [1.807, 2.05) is 0 Å². The van der Waals surface area contributed by atoms with Gasteiger partial charge in [0.15, 0.2) is 0 Å². The number of carbonyl (C=O) groups is 1. The molecule has 1 aliphatic carbocycles. The topological polar surface area (TPSA) is 52.6 Å². The van der Waals surface area contributed by atoms with E-state index in [2.05, 4.69) is 11.8 Å². The Labute approximate surface area is 136 Å². The molecule has 5 heteroatoms. The van der Waals surface area contributed by atoms with Gasteiger partial charge in [-0.25, -0.2) is 9.87 Å². The number of nitrogens with zero attached hydrogens (tertiary/aromatic N) is 1. The Morgan fingerprint density at radius 1 is 1.35 bits per heavy atom. The van der Waals surface area contributed by atoms with E-state index in [1.165, 1.54) is 38.2 Å². The Balaban J connectivity index is 1.91. The lowest BCUT2D eigenvalue weighted by atomic mass is 9.86. The number of benzene rings is 1. The first kappa shape index (κ1) is 16.4. The third-order valence-electron chi connectivity index (χ3n) is 5.43. The Kier molecular flexibility index (Phi) is 4.97. The van der Waals surface area contributed by atoms with Crippen LogP contribution in [0.25, 0.3) is 0 Å². The third kappa shape index (κ3) is 3.26. The number of nitrogens with one attached hydrogen (secondary N) is 1. The minimum Gasteiger partial charge on any atom is -0.293 e. The van der Waals surface area contributed by atoms with Crippen molar-refractivity contribution in [3.8, 4) is 0 Å². The van der Waals surface area contributed by atoms with Gasteiger partial charge in [0.05, 0.1) is 0 Å². The molecule has 0 spiro atoms. The van der Waals surface area contributed by atoms with Crippen LogP contribution in [0.3, 0.4) is 0 Å². The van der Waals surface area contributed by atoms with Crippen LogP contribution in [0.2, 0.25) is 0 Å². The van der Waals surface area contributed by atoms with Crippen molar-refractivity contribution < 1.29 is 14.4 Å². The fraction of sp³-hybridized carbons (Fsp3) is 0.611. The number of hydrogen-bond donors (Lipinski definition) is 2. The van der Waals surface area contributed by atoms with E-state index in [0.29, 0.717) is 25.0 Å². The van der Waals surface area contributed by atoms with E-state index in [0.717, 1.165) is 17.5 Å². The van der Waals surface area contributed by atoms with E-state index in [1.54, 1.807) is 11.5 Å². The van der Waals surface area contributed by atoms with Gasteiger partial charge >= 0.3 is 0 Å². The van der Waals surface area contributed by atoms with E-state index in [4.69, 9.17) is 5.21 Å². The summed E-state index contributed by atoms with van der Waals surface area (Å²) in [6.07, 6.45) is 7.99. The molecule has 1 fully saturated rings. The van der Waals surface area contributed by atoms with Crippen LogP contribution in [0, 0.1) is 5.82 Å². The van der Waals surface area contributed by atoms with Gasteiger partial charge in [-0.05, 0) is 48.9 Å². The number of halogens is 1. The molecule has 23 heavy (non-hydrogen) atoms. The normalized spacial score (nSPS) is 22.7. The Bertz CT molecular complexity index is 585. The smallest absolute Gasteiger partial charge is 0.274 e. The SMILES string of the molecule is CC[C@@H]1Cc2c(F)cc(C(=O)NO)cc2CN1C1CCCCC1. The monoisotopic (exact) mass is 320 g/mol. The summed E-state index contributed by atoms with van der Waals surface area (Å²) in [7, 11) is 0. The maximum absolute atomic E-state index is 14.4. The average molecular weight is 320 g/mol. The maximum Gasteiger partial charge on any atom is 0.274 e. The van der Waals surface area contributed by atoms with Crippen molar-refractivity contribution in [2.75, 3.05) is 0 Å². The van der Waals surface area contributed by atoms with Gasteiger partial charge in [-0.1, -0.05) is 26.2 Å². The molecule has 1 atom stereocenters. The number of hydroxylamine groups is 1. The van der Waals surface area contributed by atoms with Crippen molar-refractivity contribution >= 4 is 5.91 Å². The lowest BCUT2D eigenvalue weighted by molar-refractivity contribution is 0.0702. The highest BCUT2D eigenvalue weighted by Gasteiger charge is 2.33. The van der Waals surface area contributed by atoms with Crippen LogP contribution in [-0.4, -0.2) is 28.1 Å². The molecular weight excluding hydrogens is 295 g/mol. The van der Waals surface area contributed by atoms with Crippen LogP contribution >= 0.6 is 0 Å². The highest BCUT2D eigenvalue weighted by molar-refractivity contribution is 5.93. The van der Waals surface area contributed by atoms with Crippen LogP contribution in [0.15, 0.2) is 12.1 Å². The fourth-order valence-corrected chi connectivity index (χ4v) is 4.16. The summed E-state index contributed by atoms with van der Waals surface area (Å²) in [6.45, 7) is 2.86. The average Bonchev–Trinajstić information content (AvgIpc) is 2.60. The largest absolute Gasteiger partial charge is 0.293 e. The van der Waals surface area contributed by atoms with Gasteiger partial charge in [0.1, 0.15) is 5.82 Å². The van der Waals surface area contributed by atoms with E-state index < -0.39 is 5.91 Å². The zero-order valence-corrected chi connectivity index (χ0v) is 13.6. The molecule has 4 nitrogen and oxygen atoms in total. The molecule has 0 saturated heterocycles. The summed E-state index contributed by atoms with van der Waals surface area (Å²) in [4.78, 5) is 14.1. The lowest BCUT2D eigenvalue weighted by Gasteiger charge is -2.43. The molecule has 3 rings (SSSR count). The quantitative estimate of drug-likeness (QED) is 0.663. The molecule has 2 aliphatic rings. The number of carbonyl (C=O) groups excluding carboxylic acids is 1. The van der Waals surface area contributed by atoms with Gasteiger partial charge < -0.3 is 0 Å². The molecule has 126 valence electrons. The molecule has 0 bridgehead atoms. The second kappa shape index (κ2) is 6.97. The van der Waals surface area contributed by atoms with Gasteiger partial charge in [0, 0.05) is 24.2 Å². The predicted octanol–water partition coefficient (Wildman–Crippen LogP) is 3.41. The zero-order chi connectivity index (χ0) is 16.4. The molecule has 0 unspecified atom stereocenters. The summed E-state index contributed by atoms with van der Waals surface area (Å²) in [5.41, 5.74) is 3.40. The Morgan fingerprint density at radius 3 is 2.74 bits per heavy atom. The van der Waals surface area contributed by atoms with Crippen LogP contribution in [0.5, 0.6) is 0 Å². The molecule has 1 amide bonds. The first-order valence-corrected chi connectivity index (χ1v) is 8.65. The predicted molar refractivity (Wildman–Crippen MR) is 85.9 cm³/mol. The fourth-order valence-electron chi connectivity index (χ4n) is 4.16. The molecule has 1 aromatic carbocycles. The Morgan fingerprint density at radius 2 is 2.09 bits per heavy atom. The van der Waals surface area contributed by atoms with Crippen molar-refractivity contribution in [3.05, 3.63) is 34.6 Å². The molecule has 0 radical (unpaired) electrons. The van der Waals surface area contributed by atoms with Crippen molar-refractivity contribution in [2.24, 2.45) is 0 Å². The second-order valence-corrected chi connectivity index (χ2v) is 6.77. The van der Waals surface area contributed by atoms with Crippen molar-refractivity contribution in [1.82, 2.24) is 10.4 Å². The molecule has 2 N–H and O–H groups in total. The minimum atomic E-state index is -0.659. The van der Waals surface area contributed by atoms with Crippen LogP contribution in [0.4, 0.5) is 4.39 Å². The summed E-state index contributed by atoms with van der Waals surface area (Å²) in [6, 6.07) is 3.90. The standard InChI is InChI=1S/C18H25FN2O2/c1-2-14-10-16-13(8-12(9-17(16)19)18(22)20-23)11-21(14)15-6-4-3-5-7-15/h8-9,14-15,23H,2-7,10-11H2,1H3,(H,20,22)/t14-/m1/s1. The number of hydrogen-bond acceptors (Lipinski definition) is 3. The molecule has 1 heterocycles. The van der Waals surface area contributed by atoms with Crippen molar-refractivity contribution in [2.45, 2.75) is 70.5 Å². The summed E-state index contributed by atoms with van der Waals surface area (Å²) in [5, 5.41) is 8.79. The van der Waals surface area contributed by atoms with Crippen LogP contribution < -0.4 is 5.48 Å². The van der Waals surface area contributed by atoms with Crippen molar-refractivity contribution in [3.63, 3.8) is 0 Å². The minimum absolute atomic E-state index is 0.183. The third-order valence-corrected chi connectivity index (χ3v) is 5.43. The molecule has 1 aliphatic heterocycles. The molecule has 1 aromatic rings. The molecular formula is C18H25FN2O2. The van der Waals surface area contributed by atoms with Crippen LogP contribution in [-0.2, 0) is 13.0 Å². The number of fused-ring (bicyclic) bond motifs is 1. The summed E-state index contributed by atoms with van der Waals surface area (Å²) >= 11 is 0. The molecule has 1 saturated carbocycles. The van der Waals surface area contributed by atoms with Gasteiger partial charge in [0.2, 0.25) is 0 Å². The van der Waals surface area contributed by atoms with E-state index >= 15 is 0 Å². The summed E-state index contributed by atoms with van der Waals surface area (Å²) in [5.74, 6) is -0.989. The number of rotatable bonds is 3. The highest BCUT2D eigenvalue weighted by atomic mass is 19.1. The Hall–Kier alpha value is -1.46. The lowest BCUT2D eigenvalue weighted by Crippen LogP contribution is -2.47. The first-order valence-electron chi connectivity index (χ1n) is 8.65. The summed E-state index contributed by atoms with van der Waals surface area (Å²) < 4.78 is 14.4. The second-order valence-electron chi connectivity index (χ2n) is 6.77. The van der Waals surface area contributed by atoms with Gasteiger partial charge in [0.25, 0.3) is 5.91 Å². The highest BCUT2D eigenvalue weighted by Crippen LogP contribution is 2.33. The van der Waals surface area contributed by atoms with E-state index in [9.17, 15) is 9.18 Å². The van der Waals surface area contributed by atoms with Crippen molar-refractivity contribution in [1.29, 1.82) is 0 Å². The van der Waals surface area contributed by atoms with Gasteiger partial charge in [-0.3, -0.25) is 14.9 Å². The van der Waals surface area contributed by atoms with Crippen LogP contribution in [0.1, 0.15) is 66.9 Å². The molecule has 0 aromatic heterocycles. The number of amides is 1. The van der Waals surface area contributed by atoms with Gasteiger partial charge in [-0.15, -0.1) is 0 Å². The maximum atomic E-state index is 14.4. The van der Waals surface area contributed by atoms with E-state index in [-0.39, 0.29) is 11.4 Å². The first-order chi connectivity index (χ1) is 11.1.